The van der Waals surface area contributed by atoms with Gasteiger partial charge in [0.25, 0.3) is 0 Å². The standard InChI is InChI=1S/C15H19NO/c1-12(16(2)3)11-17-15-9-8-13-6-4-5-7-14(13)10-15/h4-10,12H,11H2,1-3H3/t12-/m0/s1. The van der Waals surface area contributed by atoms with Crippen molar-refractivity contribution in [1.29, 1.82) is 0 Å². The van der Waals surface area contributed by atoms with Crippen molar-refractivity contribution >= 4 is 10.8 Å². The Kier molecular flexibility index (Phi) is 3.64. The van der Waals surface area contributed by atoms with Gasteiger partial charge >= 0.3 is 0 Å². The average molecular weight is 229 g/mol. The molecule has 2 rings (SSSR count). The molecule has 0 saturated heterocycles. The average Bonchev–Trinajstić information content (AvgIpc) is 2.35. The first-order valence-corrected chi connectivity index (χ1v) is 5.95. The van der Waals surface area contributed by atoms with Crippen molar-refractivity contribution in [3.05, 3.63) is 42.5 Å². The summed E-state index contributed by atoms with van der Waals surface area (Å²) in [6.07, 6.45) is 0. The first-order chi connectivity index (χ1) is 8.16. The van der Waals surface area contributed by atoms with Crippen LogP contribution < -0.4 is 4.74 Å². The van der Waals surface area contributed by atoms with Gasteiger partial charge in [-0.05, 0) is 43.9 Å². The van der Waals surface area contributed by atoms with Crippen molar-refractivity contribution in [1.82, 2.24) is 4.90 Å². The molecule has 0 fully saturated rings. The number of likely N-dealkylation sites (N-methyl/N-ethyl adjacent to an activating group) is 1. The van der Waals surface area contributed by atoms with Crippen molar-refractivity contribution in [2.45, 2.75) is 13.0 Å². The number of rotatable bonds is 4. The van der Waals surface area contributed by atoms with E-state index in [1.54, 1.807) is 0 Å². The number of nitrogens with zero attached hydrogens (tertiary/aromatic N) is 1. The van der Waals surface area contributed by atoms with Gasteiger partial charge in [0.05, 0.1) is 0 Å². The van der Waals surface area contributed by atoms with E-state index in [1.165, 1.54) is 10.8 Å². The highest BCUT2D eigenvalue weighted by molar-refractivity contribution is 5.83. The molecule has 17 heavy (non-hydrogen) atoms. The Balaban J connectivity index is 2.09. The molecule has 90 valence electrons. The summed E-state index contributed by atoms with van der Waals surface area (Å²) in [5, 5.41) is 2.48. The van der Waals surface area contributed by atoms with Gasteiger partial charge in [-0.15, -0.1) is 0 Å². The van der Waals surface area contributed by atoms with Gasteiger partial charge in [0.2, 0.25) is 0 Å². The van der Waals surface area contributed by atoms with Crippen LogP contribution in [0.15, 0.2) is 42.5 Å². The minimum absolute atomic E-state index is 0.418. The van der Waals surface area contributed by atoms with E-state index in [4.69, 9.17) is 4.74 Å². The number of hydrogen-bond donors (Lipinski definition) is 0. The summed E-state index contributed by atoms with van der Waals surface area (Å²) in [7, 11) is 4.13. The lowest BCUT2D eigenvalue weighted by Crippen LogP contribution is -2.30. The SMILES string of the molecule is C[C@@H](COc1ccc2ccccc2c1)N(C)C. The number of benzene rings is 2. The minimum atomic E-state index is 0.418. The second-order valence-corrected chi connectivity index (χ2v) is 4.63. The van der Waals surface area contributed by atoms with E-state index in [0.717, 1.165) is 5.75 Å². The zero-order chi connectivity index (χ0) is 12.3. The fourth-order valence-electron chi connectivity index (χ4n) is 1.62. The van der Waals surface area contributed by atoms with Crippen molar-refractivity contribution < 1.29 is 4.74 Å². The fourth-order valence-corrected chi connectivity index (χ4v) is 1.62. The molecule has 0 aromatic heterocycles. The third-order valence-electron chi connectivity index (χ3n) is 3.09. The van der Waals surface area contributed by atoms with Gasteiger partial charge in [-0.3, -0.25) is 0 Å². The van der Waals surface area contributed by atoms with Gasteiger partial charge in [0.15, 0.2) is 0 Å². The van der Waals surface area contributed by atoms with Crippen molar-refractivity contribution in [2.24, 2.45) is 0 Å². The number of fused-ring (bicyclic) bond motifs is 1. The lowest BCUT2D eigenvalue weighted by atomic mass is 10.1. The predicted octanol–water partition coefficient (Wildman–Crippen LogP) is 3.17. The summed E-state index contributed by atoms with van der Waals surface area (Å²) in [6.45, 7) is 2.87. The molecule has 0 spiro atoms. The van der Waals surface area contributed by atoms with Crippen LogP contribution in [0.3, 0.4) is 0 Å². The van der Waals surface area contributed by atoms with Gasteiger partial charge in [0, 0.05) is 6.04 Å². The molecule has 0 unspecified atom stereocenters. The van der Waals surface area contributed by atoms with Crippen LogP contribution in [0.4, 0.5) is 0 Å². The molecule has 0 radical (unpaired) electrons. The summed E-state index contributed by atoms with van der Waals surface area (Å²) in [4.78, 5) is 2.15. The van der Waals surface area contributed by atoms with E-state index in [-0.39, 0.29) is 0 Å². The van der Waals surface area contributed by atoms with Crippen LogP contribution in [-0.2, 0) is 0 Å². The Labute approximate surface area is 103 Å². The highest BCUT2D eigenvalue weighted by atomic mass is 16.5. The largest absolute Gasteiger partial charge is 0.492 e. The lowest BCUT2D eigenvalue weighted by molar-refractivity contribution is 0.198. The van der Waals surface area contributed by atoms with E-state index in [1.807, 2.05) is 6.07 Å². The summed E-state index contributed by atoms with van der Waals surface area (Å²) in [5.74, 6) is 0.942. The van der Waals surface area contributed by atoms with Gasteiger partial charge < -0.3 is 9.64 Å². The normalized spacial score (nSPS) is 12.9. The van der Waals surface area contributed by atoms with Crippen LogP contribution in [0.1, 0.15) is 6.92 Å². The zero-order valence-electron chi connectivity index (χ0n) is 10.7. The Hall–Kier alpha value is -1.54. The van der Waals surface area contributed by atoms with E-state index < -0.39 is 0 Å². The lowest BCUT2D eigenvalue weighted by Gasteiger charge is -2.20. The molecule has 2 heteroatoms. The zero-order valence-corrected chi connectivity index (χ0v) is 10.7. The summed E-state index contributed by atoms with van der Waals surface area (Å²) >= 11 is 0. The molecule has 2 aromatic carbocycles. The molecule has 1 atom stereocenters. The Bertz CT molecular complexity index is 493. The van der Waals surface area contributed by atoms with Crippen molar-refractivity contribution in [3.8, 4) is 5.75 Å². The van der Waals surface area contributed by atoms with Crippen LogP contribution in [0, 0.1) is 0 Å². The van der Waals surface area contributed by atoms with E-state index in [0.29, 0.717) is 12.6 Å². The van der Waals surface area contributed by atoms with Crippen LogP contribution in [0.25, 0.3) is 10.8 Å². The summed E-state index contributed by atoms with van der Waals surface area (Å²) in [6, 6.07) is 15.0. The molecule has 0 bridgehead atoms. The molecular weight excluding hydrogens is 210 g/mol. The summed E-state index contributed by atoms with van der Waals surface area (Å²) < 4.78 is 5.80. The molecule has 0 aliphatic carbocycles. The smallest absolute Gasteiger partial charge is 0.120 e. The molecule has 0 N–H and O–H groups in total. The summed E-state index contributed by atoms with van der Waals surface area (Å²) in [5.41, 5.74) is 0. The van der Waals surface area contributed by atoms with Crippen molar-refractivity contribution in [2.75, 3.05) is 20.7 Å². The third-order valence-corrected chi connectivity index (χ3v) is 3.09. The molecule has 0 heterocycles. The molecule has 0 amide bonds. The maximum atomic E-state index is 5.80. The second kappa shape index (κ2) is 5.19. The Morgan fingerprint density at radius 1 is 1.06 bits per heavy atom. The third kappa shape index (κ3) is 2.98. The molecule has 0 saturated carbocycles. The van der Waals surface area contributed by atoms with E-state index in [9.17, 15) is 0 Å². The first-order valence-electron chi connectivity index (χ1n) is 5.95. The van der Waals surface area contributed by atoms with Gasteiger partial charge in [-0.1, -0.05) is 30.3 Å². The Morgan fingerprint density at radius 3 is 2.47 bits per heavy atom. The van der Waals surface area contributed by atoms with Gasteiger partial charge in [-0.2, -0.15) is 0 Å². The maximum absolute atomic E-state index is 5.80. The van der Waals surface area contributed by atoms with Crippen LogP contribution in [0.2, 0.25) is 0 Å². The van der Waals surface area contributed by atoms with Gasteiger partial charge in [-0.25, -0.2) is 0 Å². The van der Waals surface area contributed by atoms with E-state index in [2.05, 4.69) is 62.3 Å². The molecule has 0 aliphatic rings. The Morgan fingerprint density at radius 2 is 1.76 bits per heavy atom. The molecule has 2 nitrogen and oxygen atoms in total. The van der Waals surface area contributed by atoms with E-state index >= 15 is 0 Å². The van der Waals surface area contributed by atoms with Crippen LogP contribution in [0.5, 0.6) is 5.75 Å². The fraction of sp³-hybridized carbons (Fsp3) is 0.333. The quantitative estimate of drug-likeness (QED) is 0.798. The highest BCUT2D eigenvalue weighted by Crippen LogP contribution is 2.20. The maximum Gasteiger partial charge on any atom is 0.120 e. The second-order valence-electron chi connectivity index (χ2n) is 4.63. The van der Waals surface area contributed by atoms with Crippen molar-refractivity contribution in [3.63, 3.8) is 0 Å². The van der Waals surface area contributed by atoms with Crippen LogP contribution >= 0.6 is 0 Å². The molecule has 2 aromatic rings. The molecule has 0 aliphatic heterocycles. The first kappa shape index (κ1) is 11.9. The van der Waals surface area contributed by atoms with Crippen LogP contribution in [-0.4, -0.2) is 31.6 Å². The highest BCUT2D eigenvalue weighted by Gasteiger charge is 2.05. The number of hydrogen-bond acceptors (Lipinski definition) is 2. The molecular formula is C15H19NO. The monoisotopic (exact) mass is 229 g/mol. The number of ether oxygens (including phenoxy) is 1. The predicted molar refractivity (Wildman–Crippen MR) is 72.6 cm³/mol. The topological polar surface area (TPSA) is 12.5 Å². The minimum Gasteiger partial charge on any atom is -0.492 e. The van der Waals surface area contributed by atoms with Gasteiger partial charge in [0.1, 0.15) is 12.4 Å².